The number of aromatic amines is 2. The van der Waals surface area contributed by atoms with Gasteiger partial charge < -0.3 is 28.2 Å². The summed E-state index contributed by atoms with van der Waals surface area (Å²) in [7, 11) is -19.5. The topological polar surface area (TPSA) is 286 Å². The van der Waals surface area contributed by atoms with E-state index < -0.39 is 58.0 Å². The summed E-state index contributed by atoms with van der Waals surface area (Å²) in [5.41, 5.74) is 3.82. The van der Waals surface area contributed by atoms with E-state index in [1.54, 1.807) is 48.6 Å². The third-order valence-corrected chi connectivity index (χ3v) is 18.2. The van der Waals surface area contributed by atoms with Crippen LogP contribution < -0.4 is 118 Å². The van der Waals surface area contributed by atoms with Gasteiger partial charge in [-0.3, -0.25) is 0 Å². The molecule has 7 aromatic rings. The molecule has 8 bridgehead atoms. The quantitative estimate of drug-likeness (QED) is 0.107. The Morgan fingerprint density at radius 2 is 0.703 bits per heavy atom. The molecular formula is C36H18N4Na4O12S8. The van der Waals surface area contributed by atoms with Crippen molar-refractivity contribution in [3.63, 3.8) is 0 Å². The average Bonchev–Trinajstić information content (AvgIpc) is 3.98. The van der Waals surface area contributed by atoms with Crippen molar-refractivity contribution in [3.8, 4) is 41.8 Å². The van der Waals surface area contributed by atoms with E-state index in [4.69, 9.17) is 9.97 Å². The average molecular weight is 1050 g/mol. The molecule has 64 heavy (non-hydrogen) atoms. The van der Waals surface area contributed by atoms with Crippen molar-refractivity contribution in [3.05, 3.63) is 94.9 Å². The Morgan fingerprint density at radius 3 is 0.953 bits per heavy atom. The van der Waals surface area contributed by atoms with E-state index in [9.17, 15) is 51.9 Å². The number of rotatable bonds is 8. The molecule has 9 heterocycles. The van der Waals surface area contributed by atoms with Crippen LogP contribution in [0.4, 0.5) is 0 Å². The fourth-order valence-electron chi connectivity index (χ4n) is 6.59. The van der Waals surface area contributed by atoms with Crippen LogP contribution in [0.1, 0.15) is 22.8 Å². The van der Waals surface area contributed by atoms with Crippen LogP contribution >= 0.6 is 45.3 Å². The Balaban J connectivity index is 0.00000193. The molecule has 0 radical (unpaired) electrons. The largest absolute Gasteiger partial charge is 1.00 e. The predicted octanol–water partition coefficient (Wildman–Crippen LogP) is -4.80. The number of H-pyrrole nitrogens is 2. The summed E-state index contributed by atoms with van der Waals surface area (Å²) >= 11 is 3.04. The van der Waals surface area contributed by atoms with Gasteiger partial charge >= 0.3 is 118 Å². The van der Waals surface area contributed by atoms with Crippen LogP contribution in [-0.2, 0) is 40.5 Å². The molecule has 0 aromatic carbocycles. The molecule has 7 aromatic heterocycles. The maximum absolute atomic E-state index is 12.1. The molecule has 9 rings (SSSR count). The minimum absolute atomic E-state index is 0. The van der Waals surface area contributed by atoms with Gasteiger partial charge in [0.15, 0.2) is 0 Å². The molecule has 16 nitrogen and oxygen atoms in total. The zero-order valence-electron chi connectivity index (χ0n) is 33.3. The second-order valence-corrected chi connectivity index (χ2v) is 23.2. The number of fused-ring (bicyclic) bond motifs is 8. The van der Waals surface area contributed by atoms with E-state index >= 15 is 0 Å². The summed E-state index contributed by atoms with van der Waals surface area (Å²) in [5.74, 6) is 0. The second kappa shape index (κ2) is 20.2. The van der Waals surface area contributed by atoms with Crippen molar-refractivity contribution in [1.82, 2.24) is 19.9 Å². The van der Waals surface area contributed by atoms with Gasteiger partial charge in [-0.1, -0.05) is 0 Å². The first-order chi connectivity index (χ1) is 28.2. The smallest absolute Gasteiger partial charge is 0.744 e. The van der Waals surface area contributed by atoms with Gasteiger partial charge in [0.1, 0.15) is 53.1 Å². The van der Waals surface area contributed by atoms with Crippen LogP contribution in [0.15, 0.2) is 89.6 Å². The number of nitrogens with one attached hydrogen (secondary N) is 2. The van der Waals surface area contributed by atoms with E-state index in [0.717, 1.165) is 29.5 Å². The molecule has 28 heteroatoms. The summed E-state index contributed by atoms with van der Waals surface area (Å²) < 4.78 is 144. The molecule has 0 aliphatic carbocycles. The van der Waals surface area contributed by atoms with Crippen molar-refractivity contribution in [2.24, 2.45) is 0 Å². The molecule has 0 spiro atoms. The van der Waals surface area contributed by atoms with Crippen LogP contribution in [0.25, 0.3) is 88.1 Å². The van der Waals surface area contributed by atoms with E-state index in [-0.39, 0.29) is 141 Å². The Hall–Kier alpha value is -0.960. The van der Waals surface area contributed by atoms with Crippen LogP contribution in [0, 0.1) is 0 Å². The number of hydrogen-bond acceptors (Lipinski definition) is 18. The van der Waals surface area contributed by atoms with Crippen molar-refractivity contribution >= 4 is 132 Å². The van der Waals surface area contributed by atoms with Crippen molar-refractivity contribution < 1.29 is 170 Å². The Kier molecular flexibility index (Phi) is 17.0. The van der Waals surface area contributed by atoms with Crippen LogP contribution in [0.5, 0.6) is 0 Å². The SMILES string of the molecule is O=S(=O)([O-])c1csc(-c2c3nc(c(-c4ccc(S(=O)(=O)[O-])s4)c4ccc([nH]4)c(-c4ccc(S(=O)(=O)[O-])s4)c4nc(c(-c5ccc(S(=O)(=O)[O-])s5)c5ccc2[nH]5)C=C4)C=C3)c1.[Na+].[Na+].[Na+].[Na+]. The summed E-state index contributed by atoms with van der Waals surface area (Å²) in [5, 5.41) is 1.19. The standard InChI is InChI=1S/C36H22N4O12S8.4Na/c41-57(42,43)17-15-29(53-16-17)36-24-7-5-22(39-24)34(27-10-13-31(55-27)59(47,48)49)20-3-1-18(37-20)33(26-9-12-30(54-26)58(44,45)46)19-2-4-21(38-19)35(23-6-8-25(36)40-23)28-11-14-32(56-28)60(50,51)52;;;;/h1-16,37,40H,(H,41,42,43)(H,44,45,46)(H,47,48,49)(H,50,51,52);;;;/q;4*+1/p-4. The van der Waals surface area contributed by atoms with E-state index in [1.165, 1.54) is 29.6 Å². The maximum atomic E-state index is 12.1. The Morgan fingerprint density at radius 1 is 0.406 bits per heavy atom. The first-order valence-corrected chi connectivity index (χ1v) is 25.6. The summed E-state index contributed by atoms with van der Waals surface area (Å²) in [6, 6.07) is 15.6. The second-order valence-electron chi connectivity index (χ2n) is 12.8. The first-order valence-electron chi connectivity index (χ1n) is 16.6. The van der Waals surface area contributed by atoms with Crippen molar-refractivity contribution in [2.75, 3.05) is 0 Å². The zero-order chi connectivity index (χ0) is 42.5. The molecule has 2 aliphatic heterocycles. The van der Waals surface area contributed by atoms with Crippen molar-refractivity contribution in [2.45, 2.75) is 17.5 Å². The molecule has 2 N–H and O–H groups in total. The van der Waals surface area contributed by atoms with Gasteiger partial charge in [0, 0.05) is 69.2 Å². The number of nitrogens with zero attached hydrogens (tertiary/aromatic N) is 2. The van der Waals surface area contributed by atoms with Crippen LogP contribution in [-0.4, -0.2) is 71.8 Å². The minimum Gasteiger partial charge on any atom is -0.744 e. The molecule has 306 valence electrons. The number of thiophene rings is 4. The third-order valence-electron chi connectivity index (χ3n) is 9.09. The zero-order valence-corrected chi connectivity index (χ0v) is 47.8. The fourth-order valence-corrected chi connectivity index (χ4v) is 13.5. The molecule has 0 unspecified atom stereocenters. The molecule has 0 saturated carbocycles. The third kappa shape index (κ3) is 10.8. The van der Waals surface area contributed by atoms with Gasteiger partial charge in [0.2, 0.25) is 0 Å². The molecule has 2 aliphatic rings. The maximum Gasteiger partial charge on any atom is 1.00 e. The first kappa shape index (κ1) is 54.0. The van der Waals surface area contributed by atoms with Crippen LogP contribution in [0.2, 0.25) is 0 Å². The number of aromatic nitrogens is 4. The van der Waals surface area contributed by atoms with Crippen LogP contribution in [0.3, 0.4) is 0 Å². The van der Waals surface area contributed by atoms with E-state index in [1.807, 2.05) is 0 Å². The molecular weight excluding hydrogens is 1030 g/mol. The van der Waals surface area contributed by atoms with E-state index in [2.05, 4.69) is 9.97 Å². The molecule has 0 amide bonds. The monoisotopic (exact) mass is 1050 g/mol. The molecule has 0 saturated heterocycles. The summed E-state index contributed by atoms with van der Waals surface area (Å²) in [6.07, 6.45) is 6.46. The van der Waals surface area contributed by atoms with Crippen molar-refractivity contribution in [1.29, 1.82) is 0 Å². The Labute approximate surface area is 469 Å². The van der Waals surface area contributed by atoms with Gasteiger partial charge in [-0.05, 0) is 91.0 Å². The van der Waals surface area contributed by atoms with Gasteiger partial charge in [-0.25, -0.2) is 43.6 Å². The van der Waals surface area contributed by atoms with E-state index in [0.29, 0.717) is 97.8 Å². The normalized spacial score (nSPS) is 12.6. The molecule has 0 atom stereocenters. The van der Waals surface area contributed by atoms with Gasteiger partial charge in [-0.15, -0.1) is 45.3 Å². The predicted molar refractivity (Wildman–Crippen MR) is 224 cm³/mol. The minimum atomic E-state index is -4.87. The van der Waals surface area contributed by atoms with Gasteiger partial charge in [0.05, 0.1) is 27.7 Å². The summed E-state index contributed by atoms with van der Waals surface area (Å²) in [6.45, 7) is 0. The fraction of sp³-hybridized carbons (Fsp3) is 0. The summed E-state index contributed by atoms with van der Waals surface area (Å²) in [4.78, 5) is 17.2. The molecule has 0 fully saturated rings. The van der Waals surface area contributed by atoms with Gasteiger partial charge in [-0.2, -0.15) is 0 Å². The number of hydrogen-bond donors (Lipinski definition) is 2. The Bertz CT molecular complexity index is 3230. The van der Waals surface area contributed by atoms with Gasteiger partial charge in [0.25, 0.3) is 0 Å².